The molecule has 0 N–H and O–H groups in total. The number of nitrogens with zero attached hydrogens (tertiary/aromatic N) is 1. The standard InChI is InChI=1S/C4H10F3NSi/c1-3-8(4-2)9(5,6)7/h3-4H2,1-2H3. The Labute approximate surface area is 54.1 Å². The van der Waals surface area contributed by atoms with Gasteiger partial charge >= 0.3 is 9.24 Å². The van der Waals surface area contributed by atoms with Crippen LogP contribution in [0, 0.1) is 0 Å². The van der Waals surface area contributed by atoms with Crippen LogP contribution >= 0.6 is 0 Å². The van der Waals surface area contributed by atoms with E-state index < -0.39 is 9.24 Å². The number of hydrogen-bond acceptors (Lipinski definition) is 1. The lowest BCUT2D eigenvalue weighted by Gasteiger charge is -2.17. The zero-order valence-electron chi connectivity index (χ0n) is 5.50. The van der Waals surface area contributed by atoms with Gasteiger partial charge in [-0.25, -0.2) is 16.9 Å². The smallest absolute Gasteiger partial charge is 0.246 e. The van der Waals surface area contributed by atoms with Crippen LogP contribution in [0.15, 0.2) is 0 Å². The Balaban J connectivity index is 3.79. The molecule has 1 nitrogen and oxygen atoms in total. The van der Waals surface area contributed by atoms with E-state index in [1.54, 1.807) is 0 Å². The summed E-state index contributed by atoms with van der Waals surface area (Å²) in [5.41, 5.74) is 0. The van der Waals surface area contributed by atoms with Gasteiger partial charge in [-0.05, 0) is 13.1 Å². The average Bonchev–Trinajstić information content (AvgIpc) is 1.65. The molecular formula is C4H10F3NSi. The molecule has 0 spiro atoms. The fourth-order valence-electron chi connectivity index (χ4n) is 0.582. The monoisotopic (exact) mass is 157 g/mol. The second-order valence-electron chi connectivity index (χ2n) is 1.64. The van der Waals surface area contributed by atoms with E-state index in [2.05, 4.69) is 0 Å². The molecule has 0 aromatic heterocycles. The highest BCUT2D eigenvalue weighted by Gasteiger charge is 2.44. The van der Waals surface area contributed by atoms with Crippen molar-refractivity contribution in [3.63, 3.8) is 0 Å². The lowest BCUT2D eigenvalue weighted by Crippen LogP contribution is -2.42. The van der Waals surface area contributed by atoms with Crippen LogP contribution in [-0.2, 0) is 0 Å². The molecular weight excluding hydrogens is 147 g/mol. The van der Waals surface area contributed by atoms with Crippen LogP contribution in [0.25, 0.3) is 0 Å². The second kappa shape index (κ2) is 3.22. The van der Waals surface area contributed by atoms with Gasteiger partial charge in [0.15, 0.2) is 0 Å². The van der Waals surface area contributed by atoms with Crippen LogP contribution in [-0.4, -0.2) is 26.9 Å². The Morgan fingerprint density at radius 1 is 1.11 bits per heavy atom. The van der Waals surface area contributed by atoms with Crippen molar-refractivity contribution in [1.82, 2.24) is 4.57 Å². The maximum absolute atomic E-state index is 11.8. The molecule has 0 heterocycles. The quantitative estimate of drug-likeness (QED) is 0.445. The summed E-state index contributed by atoms with van der Waals surface area (Å²) >= 11 is 0. The van der Waals surface area contributed by atoms with E-state index in [9.17, 15) is 12.3 Å². The van der Waals surface area contributed by atoms with E-state index in [1.807, 2.05) is 0 Å². The first kappa shape index (κ1) is 8.97. The van der Waals surface area contributed by atoms with Gasteiger partial charge in [0, 0.05) is 0 Å². The number of hydrogen-bond donors (Lipinski definition) is 0. The van der Waals surface area contributed by atoms with E-state index in [4.69, 9.17) is 0 Å². The maximum Gasteiger partial charge on any atom is 0.719 e. The SMILES string of the molecule is CCN(CC)[Si](F)(F)F. The van der Waals surface area contributed by atoms with E-state index in [0.717, 1.165) is 0 Å². The van der Waals surface area contributed by atoms with Gasteiger partial charge in [0.2, 0.25) is 0 Å². The minimum absolute atomic E-state index is 0.0895. The molecule has 0 saturated carbocycles. The molecule has 0 amide bonds. The van der Waals surface area contributed by atoms with Gasteiger partial charge in [-0.1, -0.05) is 13.8 Å². The molecule has 0 aromatic rings. The molecule has 0 aliphatic heterocycles. The lowest BCUT2D eigenvalue weighted by molar-refractivity contribution is 0.291. The summed E-state index contributed by atoms with van der Waals surface area (Å²) in [5.74, 6) is 0. The zero-order chi connectivity index (χ0) is 7.49. The molecule has 9 heavy (non-hydrogen) atoms. The predicted octanol–water partition coefficient (Wildman–Crippen LogP) is 1.67. The first-order chi connectivity index (χ1) is 4.02. The van der Waals surface area contributed by atoms with Crippen molar-refractivity contribution >= 4 is 9.24 Å². The van der Waals surface area contributed by atoms with Crippen LogP contribution in [0.2, 0.25) is 0 Å². The van der Waals surface area contributed by atoms with E-state index in [-0.39, 0.29) is 13.1 Å². The molecule has 5 heteroatoms. The van der Waals surface area contributed by atoms with E-state index >= 15 is 0 Å². The fourth-order valence-corrected chi connectivity index (χ4v) is 1.30. The highest BCUT2D eigenvalue weighted by atomic mass is 28.5. The van der Waals surface area contributed by atoms with Gasteiger partial charge in [0.05, 0.1) is 0 Å². The van der Waals surface area contributed by atoms with Crippen molar-refractivity contribution in [2.45, 2.75) is 13.8 Å². The predicted molar refractivity (Wildman–Crippen MR) is 32.0 cm³/mol. The number of rotatable bonds is 3. The lowest BCUT2D eigenvalue weighted by atomic mass is 10.7. The third-order valence-electron chi connectivity index (χ3n) is 1.12. The average molecular weight is 157 g/mol. The van der Waals surface area contributed by atoms with Gasteiger partial charge in [-0.3, -0.25) is 0 Å². The molecule has 56 valence electrons. The first-order valence-electron chi connectivity index (χ1n) is 2.84. The van der Waals surface area contributed by atoms with Crippen molar-refractivity contribution < 1.29 is 12.3 Å². The van der Waals surface area contributed by atoms with E-state index in [0.29, 0.717) is 4.57 Å². The van der Waals surface area contributed by atoms with Crippen LogP contribution in [0.4, 0.5) is 12.3 Å². The largest absolute Gasteiger partial charge is 0.719 e. The molecule has 0 aromatic carbocycles. The molecule has 0 saturated heterocycles. The summed E-state index contributed by atoms with van der Waals surface area (Å²) in [6.07, 6.45) is 0. The Kier molecular flexibility index (Phi) is 3.20. The minimum Gasteiger partial charge on any atom is -0.246 e. The van der Waals surface area contributed by atoms with Gasteiger partial charge in [0.25, 0.3) is 0 Å². The Bertz CT molecular complexity index is 78.4. The van der Waals surface area contributed by atoms with Gasteiger partial charge in [-0.15, -0.1) is 0 Å². The minimum atomic E-state index is -5.45. The van der Waals surface area contributed by atoms with Crippen LogP contribution in [0.1, 0.15) is 13.8 Å². The molecule has 0 rings (SSSR count). The summed E-state index contributed by atoms with van der Waals surface area (Å²) in [6, 6.07) is 0. The second-order valence-corrected chi connectivity index (χ2v) is 3.21. The first-order valence-corrected chi connectivity index (χ1v) is 4.42. The molecule has 0 fully saturated rings. The summed E-state index contributed by atoms with van der Waals surface area (Å²) in [6.45, 7) is 3.21. The Morgan fingerprint density at radius 3 is 1.44 bits per heavy atom. The van der Waals surface area contributed by atoms with Gasteiger partial charge in [0.1, 0.15) is 0 Å². The summed E-state index contributed by atoms with van der Waals surface area (Å²) < 4.78 is 35.9. The zero-order valence-corrected chi connectivity index (χ0v) is 6.50. The Hall–Kier alpha value is -0.0331. The van der Waals surface area contributed by atoms with Gasteiger partial charge < -0.3 is 0 Å². The summed E-state index contributed by atoms with van der Waals surface area (Å²) in [5, 5.41) is 0. The van der Waals surface area contributed by atoms with Crippen molar-refractivity contribution in [2.75, 3.05) is 13.1 Å². The highest BCUT2D eigenvalue weighted by Crippen LogP contribution is 2.13. The van der Waals surface area contributed by atoms with Crippen LogP contribution in [0.3, 0.4) is 0 Å². The van der Waals surface area contributed by atoms with Crippen LogP contribution in [0.5, 0.6) is 0 Å². The number of halogens is 3. The van der Waals surface area contributed by atoms with Gasteiger partial charge in [-0.2, -0.15) is 0 Å². The van der Waals surface area contributed by atoms with Crippen LogP contribution < -0.4 is 0 Å². The van der Waals surface area contributed by atoms with E-state index in [1.165, 1.54) is 13.8 Å². The summed E-state index contributed by atoms with van der Waals surface area (Å²) in [4.78, 5) is 0. The Morgan fingerprint density at radius 2 is 1.44 bits per heavy atom. The molecule has 0 aliphatic carbocycles. The molecule has 0 aliphatic rings. The van der Waals surface area contributed by atoms with Crippen molar-refractivity contribution in [3.8, 4) is 0 Å². The molecule has 0 unspecified atom stereocenters. The molecule has 0 bridgehead atoms. The molecule has 0 atom stereocenters. The maximum atomic E-state index is 11.8. The van der Waals surface area contributed by atoms with Crippen molar-refractivity contribution in [1.29, 1.82) is 0 Å². The molecule has 0 radical (unpaired) electrons. The third kappa shape index (κ3) is 2.86. The topological polar surface area (TPSA) is 3.24 Å². The van der Waals surface area contributed by atoms with Crippen molar-refractivity contribution in [2.24, 2.45) is 0 Å². The normalized spacial score (nSPS) is 12.7. The van der Waals surface area contributed by atoms with Crippen molar-refractivity contribution in [3.05, 3.63) is 0 Å². The third-order valence-corrected chi connectivity index (χ3v) is 2.47. The highest BCUT2D eigenvalue weighted by molar-refractivity contribution is 6.55. The summed E-state index contributed by atoms with van der Waals surface area (Å²) in [7, 11) is -5.45. The fraction of sp³-hybridized carbons (Fsp3) is 1.00.